The van der Waals surface area contributed by atoms with Crippen LogP contribution in [0, 0.1) is 0 Å². The SMILES string of the molecule is COC(=O)c1ccc(Cl)c(NC(=O)CSCCNC(=O)OC(C)(C)C)c1. The van der Waals surface area contributed by atoms with Gasteiger partial charge in [-0.15, -0.1) is 0 Å². The van der Waals surface area contributed by atoms with Crippen molar-refractivity contribution < 1.29 is 23.9 Å². The van der Waals surface area contributed by atoms with Crippen molar-refractivity contribution >= 4 is 47.0 Å². The molecule has 0 aliphatic heterocycles. The van der Waals surface area contributed by atoms with E-state index in [2.05, 4.69) is 15.4 Å². The number of anilines is 1. The van der Waals surface area contributed by atoms with Gasteiger partial charge in [0, 0.05) is 12.3 Å². The number of hydrogen-bond acceptors (Lipinski definition) is 6. The number of thioether (sulfide) groups is 1. The molecule has 0 fully saturated rings. The molecular formula is C17H23ClN2O5S. The summed E-state index contributed by atoms with van der Waals surface area (Å²) in [4.78, 5) is 35.0. The smallest absolute Gasteiger partial charge is 0.407 e. The summed E-state index contributed by atoms with van der Waals surface area (Å²) in [6, 6.07) is 4.49. The summed E-state index contributed by atoms with van der Waals surface area (Å²) < 4.78 is 9.74. The van der Waals surface area contributed by atoms with E-state index in [1.807, 2.05) is 0 Å². The Hall–Kier alpha value is -1.93. The predicted octanol–water partition coefficient (Wildman–Crippen LogP) is 3.32. The van der Waals surface area contributed by atoms with Crippen LogP contribution in [0.3, 0.4) is 0 Å². The second-order valence-corrected chi connectivity index (χ2v) is 7.73. The third kappa shape index (κ3) is 8.44. The van der Waals surface area contributed by atoms with Crippen LogP contribution >= 0.6 is 23.4 Å². The summed E-state index contributed by atoms with van der Waals surface area (Å²) in [6.07, 6.45) is -0.492. The number of ether oxygens (including phenoxy) is 2. The average Bonchev–Trinajstić information content (AvgIpc) is 2.54. The lowest BCUT2D eigenvalue weighted by Crippen LogP contribution is -2.33. The minimum atomic E-state index is -0.547. The number of alkyl carbamates (subject to hydrolysis) is 1. The Morgan fingerprint density at radius 3 is 2.54 bits per heavy atom. The molecule has 144 valence electrons. The molecular weight excluding hydrogens is 380 g/mol. The first kappa shape index (κ1) is 22.1. The Balaban J connectivity index is 2.37. The van der Waals surface area contributed by atoms with Crippen LogP contribution in [0.1, 0.15) is 31.1 Å². The number of benzene rings is 1. The molecule has 0 heterocycles. The molecule has 0 atom stereocenters. The summed E-state index contributed by atoms with van der Waals surface area (Å²) in [5, 5.41) is 5.58. The van der Waals surface area contributed by atoms with Gasteiger partial charge in [-0.2, -0.15) is 11.8 Å². The van der Waals surface area contributed by atoms with Gasteiger partial charge in [-0.25, -0.2) is 9.59 Å². The van der Waals surface area contributed by atoms with Crippen molar-refractivity contribution in [2.75, 3.05) is 30.5 Å². The molecule has 1 aromatic carbocycles. The quantitative estimate of drug-likeness (QED) is 0.536. The van der Waals surface area contributed by atoms with Gasteiger partial charge >= 0.3 is 12.1 Å². The highest BCUT2D eigenvalue weighted by atomic mass is 35.5. The molecule has 0 aliphatic rings. The van der Waals surface area contributed by atoms with E-state index in [9.17, 15) is 14.4 Å². The Morgan fingerprint density at radius 1 is 1.23 bits per heavy atom. The highest BCUT2D eigenvalue weighted by Gasteiger charge is 2.15. The Morgan fingerprint density at radius 2 is 1.92 bits per heavy atom. The number of methoxy groups -OCH3 is 1. The maximum Gasteiger partial charge on any atom is 0.407 e. The van der Waals surface area contributed by atoms with Gasteiger partial charge in [-0.3, -0.25) is 4.79 Å². The fraction of sp³-hybridized carbons (Fsp3) is 0.471. The zero-order valence-electron chi connectivity index (χ0n) is 15.2. The number of nitrogens with one attached hydrogen (secondary N) is 2. The van der Waals surface area contributed by atoms with E-state index in [0.717, 1.165) is 0 Å². The van der Waals surface area contributed by atoms with E-state index < -0.39 is 17.7 Å². The molecule has 7 nitrogen and oxygen atoms in total. The highest BCUT2D eigenvalue weighted by Crippen LogP contribution is 2.23. The van der Waals surface area contributed by atoms with Gasteiger partial charge in [0.2, 0.25) is 5.91 Å². The van der Waals surface area contributed by atoms with Gasteiger partial charge in [0.15, 0.2) is 0 Å². The Labute approximate surface area is 162 Å². The van der Waals surface area contributed by atoms with Crippen LogP contribution in [0.15, 0.2) is 18.2 Å². The van der Waals surface area contributed by atoms with Crippen molar-refractivity contribution in [3.05, 3.63) is 28.8 Å². The van der Waals surface area contributed by atoms with Gasteiger partial charge < -0.3 is 20.1 Å². The molecule has 0 saturated carbocycles. The third-order valence-electron chi connectivity index (χ3n) is 2.81. The van der Waals surface area contributed by atoms with Crippen LogP contribution in [0.25, 0.3) is 0 Å². The van der Waals surface area contributed by atoms with E-state index in [-0.39, 0.29) is 11.7 Å². The normalized spacial score (nSPS) is 10.8. The Kier molecular flexibility index (Phi) is 8.74. The molecule has 0 aliphatic carbocycles. The molecule has 9 heteroatoms. The average molecular weight is 403 g/mol. The molecule has 26 heavy (non-hydrogen) atoms. The third-order valence-corrected chi connectivity index (χ3v) is 4.10. The zero-order valence-corrected chi connectivity index (χ0v) is 16.8. The minimum Gasteiger partial charge on any atom is -0.465 e. The molecule has 0 radical (unpaired) electrons. The molecule has 0 spiro atoms. The monoisotopic (exact) mass is 402 g/mol. The second kappa shape index (κ2) is 10.3. The summed E-state index contributed by atoms with van der Waals surface area (Å²) in [7, 11) is 1.27. The first-order chi connectivity index (χ1) is 12.1. The maximum absolute atomic E-state index is 12.0. The van der Waals surface area contributed by atoms with E-state index in [1.165, 1.54) is 37.1 Å². The molecule has 0 unspecified atom stereocenters. The first-order valence-corrected chi connectivity index (χ1v) is 9.38. The van der Waals surface area contributed by atoms with E-state index in [4.69, 9.17) is 16.3 Å². The lowest BCUT2D eigenvalue weighted by Gasteiger charge is -2.19. The van der Waals surface area contributed by atoms with Gasteiger partial charge in [0.05, 0.1) is 29.1 Å². The summed E-state index contributed by atoms with van der Waals surface area (Å²) in [5.74, 6) is -0.0619. The van der Waals surface area contributed by atoms with Crippen LogP contribution in [-0.4, -0.2) is 48.7 Å². The lowest BCUT2D eigenvalue weighted by molar-refractivity contribution is -0.113. The van der Waals surface area contributed by atoms with E-state index in [1.54, 1.807) is 20.8 Å². The van der Waals surface area contributed by atoms with Crippen LogP contribution in [0.5, 0.6) is 0 Å². The van der Waals surface area contributed by atoms with Crippen LogP contribution in [0.2, 0.25) is 5.02 Å². The van der Waals surface area contributed by atoms with Gasteiger partial charge in [0.1, 0.15) is 5.60 Å². The zero-order chi connectivity index (χ0) is 19.7. The number of carbonyl (C=O) groups is 3. The fourth-order valence-electron chi connectivity index (χ4n) is 1.76. The van der Waals surface area contributed by atoms with Crippen molar-refractivity contribution in [1.29, 1.82) is 0 Å². The summed E-state index contributed by atoms with van der Waals surface area (Å²) in [6.45, 7) is 5.73. The number of amides is 2. The number of rotatable bonds is 7. The van der Waals surface area contributed by atoms with Gasteiger partial charge in [-0.05, 0) is 39.0 Å². The highest BCUT2D eigenvalue weighted by molar-refractivity contribution is 7.99. The first-order valence-electron chi connectivity index (χ1n) is 7.84. The van der Waals surface area contributed by atoms with Gasteiger partial charge in [0.25, 0.3) is 0 Å². The van der Waals surface area contributed by atoms with Crippen molar-refractivity contribution in [2.24, 2.45) is 0 Å². The van der Waals surface area contributed by atoms with Crippen LogP contribution in [0.4, 0.5) is 10.5 Å². The number of hydrogen-bond donors (Lipinski definition) is 2. The molecule has 1 aromatic rings. The van der Waals surface area contributed by atoms with Crippen molar-refractivity contribution in [3.63, 3.8) is 0 Å². The van der Waals surface area contributed by atoms with E-state index >= 15 is 0 Å². The number of esters is 1. The minimum absolute atomic E-state index is 0.175. The maximum atomic E-state index is 12.0. The van der Waals surface area contributed by atoms with Crippen molar-refractivity contribution in [3.8, 4) is 0 Å². The van der Waals surface area contributed by atoms with Gasteiger partial charge in [-0.1, -0.05) is 11.6 Å². The Bertz CT molecular complexity index is 661. The number of carbonyl (C=O) groups excluding carboxylic acids is 3. The van der Waals surface area contributed by atoms with Crippen LogP contribution < -0.4 is 10.6 Å². The molecule has 2 amide bonds. The van der Waals surface area contributed by atoms with Crippen molar-refractivity contribution in [1.82, 2.24) is 5.32 Å². The summed E-state index contributed by atoms with van der Waals surface area (Å²) in [5.41, 5.74) is 0.0863. The van der Waals surface area contributed by atoms with E-state index in [0.29, 0.717) is 28.6 Å². The molecule has 0 bridgehead atoms. The topological polar surface area (TPSA) is 93.7 Å². The second-order valence-electron chi connectivity index (χ2n) is 6.22. The standard InChI is InChI=1S/C17H23ClN2O5S/c1-17(2,3)25-16(23)19-7-8-26-10-14(21)20-13-9-11(15(22)24-4)5-6-12(13)18/h5-6,9H,7-8,10H2,1-4H3,(H,19,23)(H,20,21). The number of halogens is 1. The molecule has 2 N–H and O–H groups in total. The molecule has 1 rings (SSSR count). The molecule has 0 aromatic heterocycles. The predicted molar refractivity (Wildman–Crippen MR) is 103 cm³/mol. The largest absolute Gasteiger partial charge is 0.465 e. The lowest BCUT2D eigenvalue weighted by atomic mass is 10.2. The molecule has 0 saturated heterocycles. The van der Waals surface area contributed by atoms with Crippen molar-refractivity contribution in [2.45, 2.75) is 26.4 Å². The summed E-state index contributed by atoms with van der Waals surface area (Å²) >= 11 is 7.37. The fourth-order valence-corrected chi connectivity index (χ4v) is 2.57. The van der Waals surface area contributed by atoms with Crippen LogP contribution in [-0.2, 0) is 14.3 Å².